The first-order valence-electron chi connectivity index (χ1n) is 7.41. The van der Waals surface area contributed by atoms with Crippen molar-refractivity contribution in [1.29, 1.82) is 0 Å². The van der Waals surface area contributed by atoms with Crippen molar-refractivity contribution in [3.05, 3.63) is 0 Å². The van der Waals surface area contributed by atoms with Crippen LogP contribution in [0.2, 0.25) is 0 Å². The highest BCUT2D eigenvalue weighted by Gasteiger charge is 2.28. The zero-order valence-corrected chi connectivity index (χ0v) is 12.4. The van der Waals surface area contributed by atoms with E-state index in [1.165, 1.54) is 4.90 Å². The monoisotopic (exact) mass is 297 g/mol. The zero-order valence-electron chi connectivity index (χ0n) is 12.4. The fraction of sp³-hybridized carbons (Fsp3) is 0.786. The van der Waals surface area contributed by atoms with Crippen LogP contribution >= 0.6 is 0 Å². The number of carbonyl (C=O) groups is 3. The zero-order chi connectivity index (χ0) is 15.4. The minimum Gasteiger partial charge on any atom is -0.480 e. The van der Waals surface area contributed by atoms with E-state index in [-0.39, 0.29) is 37.5 Å². The van der Waals surface area contributed by atoms with Crippen LogP contribution in [-0.4, -0.2) is 72.0 Å². The average molecular weight is 297 g/mol. The summed E-state index contributed by atoms with van der Waals surface area (Å²) in [5, 5.41) is 11.7. The Bertz CT molecular complexity index is 418. The standard InChI is InChI=1S/C14H23N3O4/c1-16(7-12(18)15-11-4-5-11)13(19)8-17(9-14(20)21)6-10-2-3-10/h10-11H,2-9H2,1H3,(H,15,18)(H,20,21). The van der Waals surface area contributed by atoms with E-state index in [4.69, 9.17) is 5.11 Å². The van der Waals surface area contributed by atoms with E-state index in [0.717, 1.165) is 25.7 Å². The normalized spacial score (nSPS) is 17.6. The summed E-state index contributed by atoms with van der Waals surface area (Å²) in [7, 11) is 1.57. The van der Waals surface area contributed by atoms with Crippen molar-refractivity contribution in [3.8, 4) is 0 Å². The summed E-state index contributed by atoms with van der Waals surface area (Å²) in [4.78, 5) is 37.6. The van der Waals surface area contributed by atoms with Crippen LogP contribution in [0.5, 0.6) is 0 Å². The molecule has 0 unspecified atom stereocenters. The molecule has 0 spiro atoms. The Kier molecular flexibility index (Phi) is 5.17. The Morgan fingerprint density at radius 2 is 1.76 bits per heavy atom. The van der Waals surface area contributed by atoms with Gasteiger partial charge in [0.05, 0.1) is 19.6 Å². The summed E-state index contributed by atoms with van der Waals surface area (Å²) in [6, 6.07) is 0.277. The SMILES string of the molecule is CN(CC(=O)NC1CC1)C(=O)CN(CC(=O)O)CC1CC1. The molecular weight excluding hydrogens is 274 g/mol. The molecule has 2 rings (SSSR count). The molecule has 21 heavy (non-hydrogen) atoms. The maximum absolute atomic E-state index is 12.1. The van der Waals surface area contributed by atoms with Gasteiger partial charge in [-0.2, -0.15) is 0 Å². The van der Waals surface area contributed by atoms with Crippen LogP contribution < -0.4 is 5.32 Å². The smallest absolute Gasteiger partial charge is 0.317 e. The molecule has 0 aliphatic heterocycles. The molecule has 2 aliphatic carbocycles. The Labute approximate surface area is 124 Å². The summed E-state index contributed by atoms with van der Waals surface area (Å²) in [5.74, 6) is -0.790. The third kappa shape index (κ3) is 6.12. The molecule has 2 fully saturated rings. The molecule has 0 aromatic rings. The van der Waals surface area contributed by atoms with Gasteiger partial charge in [-0.25, -0.2) is 0 Å². The van der Waals surface area contributed by atoms with Crippen molar-refractivity contribution < 1.29 is 19.5 Å². The van der Waals surface area contributed by atoms with Gasteiger partial charge in [0.1, 0.15) is 0 Å². The first-order valence-corrected chi connectivity index (χ1v) is 7.41. The van der Waals surface area contributed by atoms with Gasteiger partial charge < -0.3 is 15.3 Å². The van der Waals surface area contributed by atoms with Gasteiger partial charge in [-0.05, 0) is 31.6 Å². The largest absolute Gasteiger partial charge is 0.480 e. The lowest BCUT2D eigenvalue weighted by Gasteiger charge is -2.23. The highest BCUT2D eigenvalue weighted by atomic mass is 16.4. The summed E-state index contributed by atoms with van der Waals surface area (Å²) in [5.41, 5.74) is 0. The van der Waals surface area contributed by atoms with Crippen molar-refractivity contribution in [2.24, 2.45) is 5.92 Å². The van der Waals surface area contributed by atoms with E-state index >= 15 is 0 Å². The van der Waals surface area contributed by atoms with Crippen LogP contribution in [0.4, 0.5) is 0 Å². The predicted octanol–water partition coefficient (Wildman–Crippen LogP) is -0.480. The number of carbonyl (C=O) groups excluding carboxylic acids is 2. The fourth-order valence-electron chi connectivity index (χ4n) is 2.16. The molecule has 0 saturated heterocycles. The van der Waals surface area contributed by atoms with Crippen molar-refractivity contribution >= 4 is 17.8 Å². The minimum absolute atomic E-state index is 0.0275. The van der Waals surface area contributed by atoms with Crippen molar-refractivity contribution in [3.63, 3.8) is 0 Å². The topological polar surface area (TPSA) is 90.0 Å². The van der Waals surface area contributed by atoms with Crippen LogP contribution in [-0.2, 0) is 14.4 Å². The molecule has 2 aliphatic rings. The van der Waals surface area contributed by atoms with E-state index in [9.17, 15) is 14.4 Å². The Morgan fingerprint density at radius 1 is 1.10 bits per heavy atom. The molecule has 0 aromatic carbocycles. The molecule has 0 atom stereocenters. The number of carboxylic acid groups (broad SMARTS) is 1. The number of hydrogen-bond donors (Lipinski definition) is 2. The second-order valence-electron chi connectivity index (χ2n) is 6.10. The molecule has 0 heterocycles. The van der Waals surface area contributed by atoms with Crippen LogP contribution in [0, 0.1) is 5.92 Å². The number of rotatable bonds is 9. The molecule has 2 N–H and O–H groups in total. The van der Waals surface area contributed by atoms with Gasteiger partial charge in [0.25, 0.3) is 0 Å². The highest BCUT2D eigenvalue weighted by Crippen LogP contribution is 2.29. The number of likely N-dealkylation sites (N-methyl/N-ethyl adjacent to an activating group) is 1. The molecule has 0 bridgehead atoms. The molecule has 2 saturated carbocycles. The van der Waals surface area contributed by atoms with E-state index < -0.39 is 5.97 Å². The van der Waals surface area contributed by atoms with E-state index in [2.05, 4.69) is 5.32 Å². The fourth-order valence-corrected chi connectivity index (χ4v) is 2.16. The first kappa shape index (κ1) is 15.8. The number of nitrogens with zero attached hydrogens (tertiary/aromatic N) is 2. The lowest BCUT2D eigenvalue weighted by atomic mass is 10.3. The molecule has 7 heteroatoms. The number of amides is 2. The number of carboxylic acids is 1. The van der Waals surface area contributed by atoms with Gasteiger partial charge in [-0.1, -0.05) is 0 Å². The third-order valence-electron chi connectivity index (χ3n) is 3.68. The minimum atomic E-state index is -0.933. The van der Waals surface area contributed by atoms with E-state index in [1.807, 2.05) is 0 Å². The van der Waals surface area contributed by atoms with Gasteiger partial charge in [0.15, 0.2) is 0 Å². The molecular formula is C14H23N3O4. The van der Waals surface area contributed by atoms with Crippen LogP contribution in [0.15, 0.2) is 0 Å². The van der Waals surface area contributed by atoms with Crippen molar-refractivity contribution in [2.45, 2.75) is 31.7 Å². The van der Waals surface area contributed by atoms with Crippen molar-refractivity contribution in [1.82, 2.24) is 15.1 Å². The van der Waals surface area contributed by atoms with Gasteiger partial charge in [0, 0.05) is 19.6 Å². The third-order valence-corrected chi connectivity index (χ3v) is 3.68. The average Bonchev–Trinajstić information content (AvgIpc) is 3.24. The van der Waals surface area contributed by atoms with Crippen LogP contribution in [0.1, 0.15) is 25.7 Å². The molecule has 2 amide bonds. The molecule has 118 valence electrons. The Balaban J connectivity index is 1.75. The maximum Gasteiger partial charge on any atom is 0.317 e. The van der Waals surface area contributed by atoms with Gasteiger partial charge in [-0.3, -0.25) is 19.3 Å². The number of nitrogens with one attached hydrogen (secondary N) is 1. The summed E-state index contributed by atoms with van der Waals surface area (Å²) in [6.45, 7) is 0.584. The van der Waals surface area contributed by atoms with Gasteiger partial charge >= 0.3 is 5.97 Å². The Hall–Kier alpha value is -1.63. The Morgan fingerprint density at radius 3 is 2.29 bits per heavy atom. The first-order chi connectivity index (χ1) is 9.94. The van der Waals surface area contributed by atoms with Crippen LogP contribution in [0.25, 0.3) is 0 Å². The second kappa shape index (κ2) is 6.89. The van der Waals surface area contributed by atoms with Gasteiger partial charge in [0.2, 0.25) is 11.8 Å². The quantitative estimate of drug-likeness (QED) is 0.600. The lowest BCUT2D eigenvalue weighted by Crippen LogP contribution is -2.45. The van der Waals surface area contributed by atoms with Crippen LogP contribution in [0.3, 0.4) is 0 Å². The summed E-state index contributed by atoms with van der Waals surface area (Å²) >= 11 is 0. The molecule has 0 aromatic heterocycles. The molecule has 0 radical (unpaired) electrons. The van der Waals surface area contributed by atoms with E-state index in [0.29, 0.717) is 12.5 Å². The maximum atomic E-state index is 12.1. The molecule has 7 nitrogen and oxygen atoms in total. The summed E-state index contributed by atoms with van der Waals surface area (Å²) in [6.07, 6.45) is 4.22. The predicted molar refractivity (Wildman–Crippen MR) is 75.6 cm³/mol. The lowest BCUT2D eigenvalue weighted by molar-refractivity contribution is -0.140. The summed E-state index contributed by atoms with van der Waals surface area (Å²) < 4.78 is 0. The number of hydrogen-bond acceptors (Lipinski definition) is 4. The number of aliphatic carboxylic acids is 1. The van der Waals surface area contributed by atoms with E-state index in [1.54, 1.807) is 11.9 Å². The second-order valence-corrected chi connectivity index (χ2v) is 6.10. The highest BCUT2D eigenvalue weighted by molar-refractivity contribution is 5.86. The van der Waals surface area contributed by atoms with Gasteiger partial charge in [-0.15, -0.1) is 0 Å². The van der Waals surface area contributed by atoms with Crippen molar-refractivity contribution in [2.75, 3.05) is 33.2 Å².